The maximum Gasteiger partial charge on any atom is 0.0978 e. The second-order valence-electron chi connectivity index (χ2n) is 7.04. The molecule has 0 amide bonds. The summed E-state index contributed by atoms with van der Waals surface area (Å²) in [4.78, 5) is 9.40. The van der Waals surface area contributed by atoms with Gasteiger partial charge in [0.15, 0.2) is 0 Å². The van der Waals surface area contributed by atoms with Crippen LogP contribution < -0.4 is 0 Å². The Balaban J connectivity index is 1.99. The molecule has 0 aliphatic carbocycles. The van der Waals surface area contributed by atoms with Gasteiger partial charge >= 0.3 is 0 Å². The Morgan fingerprint density at radius 1 is 0.462 bits per heavy atom. The summed E-state index contributed by atoms with van der Waals surface area (Å²) >= 11 is 0. The Hall–Kier alpha value is -3.52. The van der Waals surface area contributed by atoms with Crippen molar-refractivity contribution in [3.63, 3.8) is 0 Å². The number of hydrogen-bond donors (Lipinski definition) is 0. The van der Waals surface area contributed by atoms with Crippen molar-refractivity contribution in [1.29, 1.82) is 0 Å². The van der Waals surface area contributed by atoms with Crippen LogP contribution in [0, 0.1) is 0 Å². The topological polar surface area (TPSA) is 25.8 Å². The van der Waals surface area contributed by atoms with E-state index in [9.17, 15) is 0 Å². The maximum absolute atomic E-state index is 4.74. The van der Waals surface area contributed by atoms with E-state index >= 15 is 0 Å². The molecule has 0 aliphatic rings. The Bertz CT molecular complexity index is 1620. The van der Waals surface area contributed by atoms with Gasteiger partial charge in [0.05, 0.1) is 11.0 Å². The molecular formula is C24H12N2. The average Bonchev–Trinajstić information content (AvgIpc) is 3.20. The fourth-order valence-corrected chi connectivity index (χ4v) is 4.87. The normalized spacial score (nSPS) is 12.6. The van der Waals surface area contributed by atoms with E-state index in [0.717, 1.165) is 11.0 Å². The van der Waals surface area contributed by atoms with Gasteiger partial charge in [-0.15, -0.1) is 0 Å². The molecule has 7 rings (SSSR count). The third-order valence-electron chi connectivity index (χ3n) is 5.82. The molecule has 6 aromatic carbocycles. The number of benzene rings is 4. The van der Waals surface area contributed by atoms with E-state index in [-0.39, 0.29) is 0 Å². The molecule has 2 heteroatoms. The Morgan fingerprint density at radius 2 is 1.15 bits per heavy atom. The first-order chi connectivity index (χ1) is 12.9. The number of hydrogen-bond acceptors (Lipinski definition) is 2. The molecule has 0 spiro atoms. The van der Waals surface area contributed by atoms with Gasteiger partial charge in [-0.05, 0) is 38.4 Å². The second kappa shape index (κ2) is 4.17. The summed E-state index contributed by atoms with van der Waals surface area (Å²) in [5.41, 5.74) is 2.02. The van der Waals surface area contributed by atoms with Gasteiger partial charge < -0.3 is 0 Å². The summed E-state index contributed by atoms with van der Waals surface area (Å²) in [5.74, 6) is 0. The minimum atomic E-state index is 1.00. The first-order valence-electron chi connectivity index (χ1n) is 8.86. The summed E-state index contributed by atoms with van der Waals surface area (Å²) in [6.07, 6.45) is 3.60. The van der Waals surface area contributed by atoms with Crippen LogP contribution in [0.5, 0.6) is 0 Å². The van der Waals surface area contributed by atoms with E-state index in [1.165, 1.54) is 53.9 Å². The first-order valence-corrected chi connectivity index (χ1v) is 8.86. The minimum Gasteiger partial charge on any atom is -0.252 e. The molecule has 0 radical (unpaired) electrons. The summed E-state index contributed by atoms with van der Waals surface area (Å²) in [5, 5.41) is 12.9. The zero-order valence-electron chi connectivity index (χ0n) is 13.8. The van der Waals surface area contributed by atoms with Gasteiger partial charge in [0.25, 0.3) is 0 Å². The van der Waals surface area contributed by atoms with Crippen LogP contribution in [0.3, 0.4) is 0 Å². The molecule has 26 heavy (non-hydrogen) atoms. The molecule has 0 aliphatic heterocycles. The smallest absolute Gasteiger partial charge is 0.0978 e. The summed E-state index contributed by atoms with van der Waals surface area (Å²) in [6, 6.07) is 22.1. The summed E-state index contributed by atoms with van der Waals surface area (Å²) in [6.45, 7) is 0. The van der Waals surface area contributed by atoms with Gasteiger partial charge in [-0.25, -0.2) is 0 Å². The molecule has 1 aromatic heterocycles. The van der Waals surface area contributed by atoms with Crippen LogP contribution in [0.25, 0.3) is 64.9 Å². The Labute approximate surface area is 148 Å². The van der Waals surface area contributed by atoms with Crippen LogP contribution in [-0.4, -0.2) is 9.97 Å². The zero-order chi connectivity index (χ0) is 16.8. The van der Waals surface area contributed by atoms with E-state index in [0.29, 0.717) is 0 Å². The Morgan fingerprint density at radius 3 is 2.00 bits per heavy atom. The molecule has 0 bridgehead atoms. The van der Waals surface area contributed by atoms with E-state index in [2.05, 4.69) is 65.6 Å². The summed E-state index contributed by atoms with van der Waals surface area (Å²) < 4.78 is 0. The minimum absolute atomic E-state index is 1.00. The van der Waals surface area contributed by atoms with Crippen molar-refractivity contribution in [3.05, 3.63) is 73.1 Å². The number of rotatable bonds is 0. The summed E-state index contributed by atoms with van der Waals surface area (Å²) in [7, 11) is 0. The molecule has 0 saturated heterocycles. The lowest BCUT2D eigenvalue weighted by atomic mass is 10.0. The van der Waals surface area contributed by atoms with E-state index in [4.69, 9.17) is 4.98 Å². The van der Waals surface area contributed by atoms with Gasteiger partial charge in [-0.2, -0.15) is 0 Å². The van der Waals surface area contributed by atoms with Gasteiger partial charge in [-0.3, -0.25) is 9.97 Å². The van der Waals surface area contributed by atoms with Gasteiger partial charge in [0, 0.05) is 33.9 Å². The quantitative estimate of drug-likeness (QED) is 0.328. The molecular weight excluding hydrogens is 316 g/mol. The van der Waals surface area contributed by atoms with Crippen LogP contribution in [0.15, 0.2) is 73.1 Å². The third-order valence-corrected chi connectivity index (χ3v) is 5.82. The molecule has 7 aromatic rings. The highest BCUT2D eigenvalue weighted by atomic mass is 14.8. The fourth-order valence-electron chi connectivity index (χ4n) is 4.87. The maximum atomic E-state index is 4.74. The second-order valence-corrected chi connectivity index (χ2v) is 7.04. The predicted molar refractivity (Wildman–Crippen MR) is 109 cm³/mol. The molecule has 118 valence electrons. The highest BCUT2D eigenvalue weighted by molar-refractivity contribution is 6.43. The molecule has 0 saturated carbocycles. The predicted octanol–water partition coefficient (Wildman–Crippen LogP) is 6.27. The van der Waals surface area contributed by atoms with Crippen molar-refractivity contribution in [2.75, 3.05) is 0 Å². The molecule has 0 N–H and O–H groups in total. The molecule has 1 heterocycles. The molecule has 0 atom stereocenters. The van der Waals surface area contributed by atoms with E-state index in [1.54, 1.807) is 12.4 Å². The number of aromatic nitrogens is 2. The highest BCUT2D eigenvalue weighted by Crippen LogP contribution is 2.47. The average molecular weight is 328 g/mol. The van der Waals surface area contributed by atoms with Crippen molar-refractivity contribution < 1.29 is 0 Å². The largest absolute Gasteiger partial charge is 0.252 e. The van der Waals surface area contributed by atoms with Crippen molar-refractivity contribution in [2.24, 2.45) is 0 Å². The van der Waals surface area contributed by atoms with Gasteiger partial charge in [-0.1, -0.05) is 54.6 Å². The van der Waals surface area contributed by atoms with Crippen LogP contribution >= 0.6 is 0 Å². The van der Waals surface area contributed by atoms with Crippen LogP contribution in [0.2, 0.25) is 0 Å². The van der Waals surface area contributed by atoms with E-state index < -0.39 is 0 Å². The van der Waals surface area contributed by atoms with Crippen LogP contribution in [0.1, 0.15) is 0 Å². The number of fused-ring (bicyclic) bond motifs is 7. The lowest BCUT2D eigenvalue weighted by molar-refractivity contribution is 1.32. The molecule has 0 fully saturated rings. The monoisotopic (exact) mass is 328 g/mol. The van der Waals surface area contributed by atoms with Crippen LogP contribution in [-0.2, 0) is 0 Å². The van der Waals surface area contributed by atoms with Crippen molar-refractivity contribution in [3.8, 4) is 0 Å². The van der Waals surface area contributed by atoms with Crippen LogP contribution in [0.4, 0.5) is 0 Å². The van der Waals surface area contributed by atoms with E-state index in [1.807, 2.05) is 0 Å². The van der Waals surface area contributed by atoms with Crippen molar-refractivity contribution in [1.82, 2.24) is 9.97 Å². The molecule has 0 unspecified atom stereocenters. The lowest BCUT2D eigenvalue weighted by Gasteiger charge is -2.02. The van der Waals surface area contributed by atoms with Crippen molar-refractivity contribution in [2.45, 2.75) is 0 Å². The third kappa shape index (κ3) is 1.29. The highest BCUT2D eigenvalue weighted by Gasteiger charge is 2.20. The SMILES string of the molecule is c1cc2cccc3c2c(c1)c1cc2cccc4c5nccnc5c(c24)c13. The van der Waals surface area contributed by atoms with Gasteiger partial charge in [0.2, 0.25) is 0 Å². The lowest BCUT2D eigenvalue weighted by Crippen LogP contribution is -1.77. The standard InChI is InChI=1S/C24H12N2/c1-4-13-5-2-8-16-19(13)15(7-1)18-12-14-6-3-9-17-20(14)22(21(16)18)24-23(17)25-10-11-26-24/h1-12H. The molecule has 2 nitrogen and oxygen atoms in total. The van der Waals surface area contributed by atoms with Gasteiger partial charge in [0.1, 0.15) is 0 Å². The van der Waals surface area contributed by atoms with Crippen molar-refractivity contribution >= 4 is 64.9 Å². The Kier molecular flexibility index (Phi) is 2.05. The zero-order valence-corrected chi connectivity index (χ0v) is 13.8. The fraction of sp³-hybridized carbons (Fsp3) is 0. The number of nitrogens with zero attached hydrogens (tertiary/aromatic N) is 2. The first kappa shape index (κ1) is 12.8.